The van der Waals surface area contributed by atoms with Gasteiger partial charge in [-0.3, -0.25) is 0 Å². The zero-order chi connectivity index (χ0) is 14.8. The number of hydrogen-bond acceptors (Lipinski definition) is 3. The second kappa shape index (κ2) is 5.36. The number of alkyl halides is 3. The van der Waals surface area contributed by atoms with Gasteiger partial charge in [0.15, 0.2) is 6.10 Å². The van der Waals surface area contributed by atoms with Crippen LogP contribution in [-0.4, -0.2) is 17.3 Å². The molecule has 0 amide bonds. The van der Waals surface area contributed by atoms with Crippen LogP contribution < -0.4 is 10.5 Å². The molecule has 108 valence electrons. The van der Waals surface area contributed by atoms with Crippen molar-refractivity contribution in [2.75, 3.05) is 0 Å². The van der Waals surface area contributed by atoms with Crippen molar-refractivity contribution in [1.29, 1.82) is 0 Å². The summed E-state index contributed by atoms with van der Waals surface area (Å²) in [5, 5.41) is 0. The first-order chi connectivity index (χ1) is 8.54. The lowest BCUT2D eigenvalue weighted by molar-refractivity contribution is -0.190. The number of halogens is 3. The molecule has 1 aromatic rings. The first kappa shape index (κ1) is 15.8. The van der Waals surface area contributed by atoms with Crippen LogP contribution in [0.3, 0.4) is 0 Å². The Morgan fingerprint density at radius 1 is 1.26 bits per heavy atom. The summed E-state index contributed by atoms with van der Waals surface area (Å²) in [6, 6.07) is 3.22. The highest BCUT2D eigenvalue weighted by molar-refractivity contribution is 5.28. The lowest BCUT2D eigenvalue weighted by atomic mass is 9.91. The van der Waals surface area contributed by atoms with Crippen molar-refractivity contribution in [3.8, 4) is 5.88 Å². The van der Waals surface area contributed by atoms with Gasteiger partial charge in [0.25, 0.3) is 0 Å². The quantitative estimate of drug-likeness (QED) is 0.922. The molecular weight excluding hydrogens is 257 g/mol. The van der Waals surface area contributed by atoms with Crippen LogP contribution in [0.4, 0.5) is 13.2 Å². The minimum atomic E-state index is -4.41. The average molecular weight is 276 g/mol. The summed E-state index contributed by atoms with van der Waals surface area (Å²) in [4.78, 5) is 4.13. The highest BCUT2D eigenvalue weighted by atomic mass is 19.4. The van der Waals surface area contributed by atoms with Crippen LogP contribution in [0.5, 0.6) is 5.88 Å². The van der Waals surface area contributed by atoms with E-state index in [-0.39, 0.29) is 17.8 Å². The number of aromatic nitrogens is 1. The van der Waals surface area contributed by atoms with Gasteiger partial charge < -0.3 is 10.5 Å². The van der Waals surface area contributed by atoms with Gasteiger partial charge in [-0.25, -0.2) is 4.98 Å². The van der Waals surface area contributed by atoms with Crippen LogP contribution in [0.15, 0.2) is 12.1 Å². The minimum absolute atomic E-state index is 0.0438. The number of nitrogens with two attached hydrogens (primary N) is 1. The standard InChI is InChI=1S/C13H19F3N2O/c1-8(13(14,15)16)19-11-6-9(7-17)5-10(18-11)12(2,3)4/h5-6,8H,7,17H2,1-4H3. The maximum absolute atomic E-state index is 12.5. The fourth-order valence-corrected chi connectivity index (χ4v) is 1.37. The fraction of sp³-hybridized carbons (Fsp3) is 0.615. The Kier molecular flexibility index (Phi) is 4.45. The fourth-order valence-electron chi connectivity index (χ4n) is 1.37. The van der Waals surface area contributed by atoms with Crippen LogP contribution >= 0.6 is 0 Å². The Morgan fingerprint density at radius 2 is 1.84 bits per heavy atom. The predicted octanol–water partition coefficient (Wildman–Crippen LogP) is 3.17. The van der Waals surface area contributed by atoms with Crippen LogP contribution in [0.25, 0.3) is 0 Å². The Hall–Kier alpha value is -1.30. The Labute approximate surface area is 111 Å². The van der Waals surface area contributed by atoms with Crippen molar-refractivity contribution in [1.82, 2.24) is 4.98 Å². The summed E-state index contributed by atoms with van der Waals surface area (Å²) in [7, 11) is 0. The average Bonchev–Trinajstić information content (AvgIpc) is 2.26. The molecule has 1 rings (SSSR count). The molecule has 1 aromatic heterocycles. The molecule has 1 unspecified atom stereocenters. The molecular formula is C13H19F3N2O. The SMILES string of the molecule is CC(Oc1cc(CN)cc(C(C)(C)C)n1)C(F)(F)F. The summed E-state index contributed by atoms with van der Waals surface area (Å²) < 4.78 is 42.3. The summed E-state index contributed by atoms with van der Waals surface area (Å²) in [5.74, 6) is -0.0438. The van der Waals surface area contributed by atoms with Gasteiger partial charge in [-0.2, -0.15) is 13.2 Å². The van der Waals surface area contributed by atoms with Gasteiger partial charge in [-0.15, -0.1) is 0 Å². The molecule has 1 heterocycles. The molecule has 0 bridgehead atoms. The molecule has 3 nitrogen and oxygen atoms in total. The van der Waals surface area contributed by atoms with E-state index in [0.29, 0.717) is 11.3 Å². The maximum atomic E-state index is 12.5. The van der Waals surface area contributed by atoms with Crippen molar-refractivity contribution in [2.24, 2.45) is 5.73 Å². The number of nitrogens with zero attached hydrogens (tertiary/aromatic N) is 1. The van der Waals surface area contributed by atoms with Gasteiger partial charge in [0.1, 0.15) is 0 Å². The summed E-state index contributed by atoms with van der Waals surface area (Å²) >= 11 is 0. The van der Waals surface area contributed by atoms with Crippen LogP contribution in [0.2, 0.25) is 0 Å². The van der Waals surface area contributed by atoms with E-state index in [4.69, 9.17) is 10.5 Å². The van der Waals surface area contributed by atoms with E-state index in [2.05, 4.69) is 4.98 Å². The van der Waals surface area contributed by atoms with Crippen LogP contribution in [0, 0.1) is 0 Å². The lowest BCUT2D eigenvalue weighted by Crippen LogP contribution is -2.31. The number of pyridine rings is 1. The van der Waals surface area contributed by atoms with E-state index in [9.17, 15) is 13.2 Å². The molecule has 0 fully saturated rings. The van der Waals surface area contributed by atoms with E-state index < -0.39 is 12.3 Å². The Balaban J connectivity index is 3.08. The van der Waals surface area contributed by atoms with Crippen molar-refractivity contribution in [2.45, 2.75) is 51.9 Å². The van der Waals surface area contributed by atoms with Crippen molar-refractivity contribution < 1.29 is 17.9 Å². The lowest BCUT2D eigenvalue weighted by Gasteiger charge is -2.22. The first-order valence-electron chi connectivity index (χ1n) is 5.99. The van der Waals surface area contributed by atoms with Gasteiger partial charge in [-0.1, -0.05) is 20.8 Å². The summed E-state index contributed by atoms with van der Waals surface area (Å²) in [6.45, 7) is 6.95. The van der Waals surface area contributed by atoms with E-state index >= 15 is 0 Å². The van der Waals surface area contributed by atoms with Gasteiger partial charge in [-0.05, 0) is 18.6 Å². The first-order valence-corrected chi connectivity index (χ1v) is 5.99. The molecule has 6 heteroatoms. The molecule has 0 aromatic carbocycles. The zero-order valence-corrected chi connectivity index (χ0v) is 11.5. The molecule has 0 saturated heterocycles. The third-order valence-corrected chi connectivity index (χ3v) is 2.62. The van der Waals surface area contributed by atoms with Crippen molar-refractivity contribution >= 4 is 0 Å². The highest BCUT2D eigenvalue weighted by Gasteiger charge is 2.38. The second-order valence-corrected chi connectivity index (χ2v) is 5.45. The number of hydrogen-bond donors (Lipinski definition) is 1. The second-order valence-electron chi connectivity index (χ2n) is 5.45. The van der Waals surface area contributed by atoms with E-state index in [1.54, 1.807) is 6.07 Å². The normalized spacial score (nSPS) is 14.3. The zero-order valence-electron chi connectivity index (χ0n) is 11.5. The molecule has 0 saturated carbocycles. The molecule has 0 aliphatic heterocycles. The van der Waals surface area contributed by atoms with Gasteiger partial charge in [0.05, 0.1) is 5.69 Å². The van der Waals surface area contributed by atoms with E-state index in [1.165, 1.54) is 6.07 Å². The maximum Gasteiger partial charge on any atom is 0.425 e. The summed E-state index contributed by atoms with van der Waals surface area (Å²) in [6.07, 6.45) is -6.32. The third-order valence-electron chi connectivity index (χ3n) is 2.62. The molecule has 0 spiro atoms. The van der Waals surface area contributed by atoms with Crippen LogP contribution in [0.1, 0.15) is 39.0 Å². The number of rotatable bonds is 3. The molecule has 0 aliphatic carbocycles. The van der Waals surface area contributed by atoms with Gasteiger partial charge >= 0.3 is 6.18 Å². The molecule has 0 radical (unpaired) electrons. The van der Waals surface area contributed by atoms with E-state index in [1.807, 2.05) is 20.8 Å². The largest absolute Gasteiger partial charge is 0.465 e. The molecule has 2 N–H and O–H groups in total. The third kappa shape index (κ3) is 4.38. The van der Waals surface area contributed by atoms with E-state index in [0.717, 1.165) is 6.92 Å². The summed E-state index contributed by atoms with van der Waals surface area (Å²) in [5.41, 5.74) is 6.61. The molecule has 0 aliphatic rings. The van der Waals surface area contributed by atoms with Crippen molar-refractivity contribution in [3.63, 3.8) is 0 Å². The Bertz CT molecular complexity index is 438. The minimum Gasteiger partial charge on any atom is -0.465 e. The Morgan fingerprint density at radius 3 is 2.26 bits per heavy atom. The molecule has 19 heavy (non-hydrogen) atoms. The van der Waals surface area contributed by atoms with Crippen LogP contribution in [-0.2, 0) is 12.0 Å². The number of ether oxygens (including phenoxy) is 1. The monoisotopic (exact) mass is 276 g/mol. The van der Waals surface area contributed by atoms with Crippen molar-refractivity contribution in [3.05, 3.63) is 23.4 Å². The predicted molar refractivity (Wildman–Crippen MR) is 67.0 cm³/mol. The topological polar surface area (TPSA) is 48.1 Å². The molecule has 1 atom stereocenters. The van der Waals surface area contributed by atoms with Gasteiger partial charge in [0, 0.05) is 18.0 Å². The highest BCUT2D eigenvalue weighted by Crippen LogP contribution is 2.27. The van der Waals surface area contributed by atoms with Gasteiger partial charge in [0.2, 0.25) is 5.88 Å². The smallest absolute Gasteiger partial charge is 0.425 e.